The van der Waals surface area contributed by atoms with Gasteiger partial charge in [-0.05, 0) is 0 Å². The Labute approximate surface area is 161 Å². The van der Waals surface area contributed by atoms with E-state index in [0.29, 0.717) is 32.2 Å². The van der Waals surface area contributed by atoms with Gasteiger partial charge >= 0.3 is 6.18 Å². The van der Waals surface area contributed by atoms with Crippen molar-refractivity contribution < 1.29 is 39.6 Å². The van der Waals surface area contributed by atoms with E-state index in [-0.39, 0.29) is 0 Å². The summed E-state index contributed by atoms with van der Waals surface area (Å²) in [6.45, 7) is 1.29. The standard InChI is InChI=1S/C16H15F6N3O3S/c1-15(2,16(20,21)22)7-29(27,28)9-6-25(3)13(12(9)19)14(26)23-8-4-10(17)24-11(18)5-8/h4-6H,7H2,1-3H3,(H,23,24,26). The third-order valence-corrected chi connectivity index (χ3v) is 6.03. The molecule has 2 aromatic rings. The second kappa shape index (κ2) is 7.35. The molecule has 2 aromatic heterocycles. The van der Waals surface area contributed by atoms with Gasteiger partial charge < -0.3 is 9.88 Å². The number of halogens is 6. The first-order valence-electron chi connectivity index (χ1n) is 7.84. The number of hydrogen-bond acceptors (Lipinski definition) is 4. The third kappa shape index (κ3) is 4.71. The molecule has 0 unspecified atom stereocenters. The Morgan fingerprint density at radius 2 is 1.66 bits per heavy atom. The molecule has 0 aliphatic carbocycles. The number of hydrogen-bond donors (Lipinski definition) is 1. The number of aryl methyl sites for hydroxylation is 1. The van der Waals surface area contributed by atoms with Crippen LogP contribution in [0.1, 0.15) is 24.3 Å². The Balaban J connectivity index is 2.40. The first kappa shape index (κ1) is 22.7. The highest BCUT2D eigenvalue weighted by molar-refractivity contribution is 7.91. The summed E-state index contributed by atoms with van der Waals surface area (Å²) < 4.78 is 105. The van der Waals surface area contributed by atoms with Crippen LogP contribution in [-0.4, -0.2) is 35.8 Å². The quantitative estimate of drug-likeness (QED) is 0.567. The second-order valence-corrected chi connectivity index (χ2v) is 8.82. The zero-order valence-electron chi connectivity index (χ0n) is 15.2. The SMILES string of the molecule is Cn1cc(S(=O)(=O)CC(C)(C)C(F)(F)F)c(F)c1C(=O)Nc1cc(F)nc(F)c1. The van der Waals surface area contributed by atoms with Crippen molar-refractivity contribution >= 4 is 21.4 Å². The molecule has 29 heavy (non-hydrogen) atoms. The van der Waals surface area contributed by atoms with E-state index in [0.717, 1.165) is 11.6 Å². The van der Waals surface area contributed by atoms with Gasteiger partial charge in [-0.3, -0.25) is 4.79 Å². The first-order valence-corrected chi connectivity index (χ1v) is 9.49. The molecule has 0 spiro atoms. The van der Waals surface area contributed by atoms with Gasteiger partial charge in [-0.2, -0.15) is 26.9 Å². The number of pyridine rings is 1. The van der Waals surface area contributed by atoms with E-state index in [4.69, 9.17) is 0 Å². The van der Waals surface area contributed by atoms with Crippen LogP contribution in [0.2, 0.25) is 0 Å². The van der Waals surface area contributed by atoms with Crippen molar-refractivity contribution in [1.82, 2.24) is 9.55 Å². The van der Waals surface area contributed by atoms with E-state index in [1.54, 1.807) is 0 Å². The molecule has 0 saturated heterocycles. The van der Waals surface area contributed by atoms with Crippen LogP contribution in [0.15, 0.2) is 23.2 Å². The van der Waals surface area contributed by atoms with Crippen molar-refractivity contribution in [1.29, 1.82) is 0 Å². The van der Waals surface area contributed by atoms with Crippen molar-refractivity contribution in [3.8, 4) is 0 Å². The molecular weight excluding hydrogens is 428 g/mol. The number of carbonyl (C=O) groups is 1. The summed E-state index contributed by atoms with van der Waals surface area (Å²) in [6.07, 6.45) is -4.22. The van der Waals surface area contributed by atoms with E-state index in [9.17, 15) is 39.6 Å². The Morgan fingerprint density at radius 1 is 1.14 bits per heavy atom. The summed E-state index contributed by atoms with van der Waals surface area (Å²) in [5.41, 5.74) is -3.96. The zero-order valence-corrected chi connectivity index (χ0v) is 16.1. The molecule has 1 amide bonds. The van der Waals surface area contributed by atoms with Crippen LogP contribution in [0.5, 0.6) is 0 Å². The molecule has 1 N–H and O–H groups in total. The van der Waals surface area contributed by atoms with Crippen molar-refractivity contribution in [2.75, 3.05) is 11.1 Å². The number of rotatable bonds is 5. The number of amides is 1. The van der Waals surface area contributed by atoms with Crippen LogP contribution in [0.25, 0.3) is 0 Å². The predicted molar refractivity (Wildman–Crippen MR) is 89.4 cm³/mol. The van der Waals surface area contributed by atoms with Crippen LogP contribution in [-0.2, 0) is 16.9 Å². The summed E-state index contributed by atoms with van der Waals surface area (Å²) in [5, 5.41) is 1.96. The lowest BCUT2D eigenvalue weighted by molar-refractivity contribution is -0.203. The highest BCUT2D eigenvalue weighted by Crippen LogP contribution is 2.40. The van der Waals surface area contributed by atoms with Crippen molar-refractivity contribution in [3.05, 3.63) is 41.7 Å². The fourth-order valence-corrected chi connectivity index (χ4v) is 4.36. The number of aromatic nitrogens is 2. The van der Waals surface area contributed by atoms with Gasteiger partial charge in [-0.15, -0.1) is 0 Å². The zero-order chi connectivity index (χ0) is 22.4. The number of anilines is 1. The number of alkyl halides is 3. The summed E-state index contributed by atoms with van der Waals surface area (Å²) in [7, 11) is -3.70. The molecule has 2 rings (SSSR count). The lowest BCUT2D eigenvalue weighted by Gasteiger charge is -2.27. The molecular formula is C16H15F6N3O3S. The maximum Gasteiger partial charge on any atom is 0.394 e. The summed E-state index contributed by atoms with van der Waals surface area (Å²) in [6, 6.07) is 1.26. The largest absolute Gasteiger partial charge is 0.394 e. The first-order chi connectivity index (χ1) is 13.0. The molecule has 0 atom stereocenters. The van der Waals surface area contributed by atoms with Gasteiger partial charge in [0.15, 0.2) is 15.7 Å². The van der Waals surface area contributed by atoms with Gasteiger partial charge in [0.25, 0.3) is 5.91 Å². The second-order valence-electron chi connectivity index (χ2n) is 6.86. The average molecular weight is 443 g/mol. The minimum absolute atomic E-state index is 0.428. The maximum absolute atomic E-state index is 14.7. The van der Waals surface area contributed by atoms with Crippen molar-refractivity contribution in [3.63, 3.8) is 0 Å². The maximum atomic E-state index is 14.7. The molecule has 2 heterocycles. The monoisotopic (exact) mass is 443 g/mol. The van der Waals surface area contributed by atoms with Gasteiger partial charge in [0.1, 0.15) is 10.6 Å². The molecule has 0 aliphatic heterocycles. The average Bonchev–Trinajstić information content (AvgIpc) is 2.79. The highest BCUT2D eigenvalue weighted by Gasteiger charge is 2.50. The Morgan fingerprint density at radius 3 is 2.14 bits per heavy atom. The highest BCUT2D eigenvalue weighted by atomic mass is 32.2. The minimum Gasteiger partial charge on any atom is -0.343 e. The predicted octanol–water partition coefficient (Wildman–Crippen LogP) is 3.45. The van der Waals surface area contributed by atoms with Crippen LogP contribution >= 0.6 is 0 Å². The molecule has 6 nitrogen and oxygen atoms in total. The number of nitrogens with one attached hydrogen (secondary N) is 1. The fraction of sp³-hybridized carbons (Fsp3) is 0.375. The summed E-state index contributed by atoms with van der Waals surface area (Å²) in [5.74, 6) is -6.85. The van der Waals surface area contributed by atoms with E-state index in [1.807, 2.05) is 5.32 Å². The number of nitrogens with zero attached hydrogens (tertiary/aromatic N) is 2. The number of sulfone groups is 1. The van der Waals surface area contributed by atoms with E-state index in [2.05, 4.69) is 4.98 Å². The Kier molecular flexibility index (Phi) is 5.76. The van der Waals surface area contributed by atoms with Crippen molar-refractivity contribution in [2.24, 2.45) is 12.5 Å². The molecule has 160 valence electrons. The van der Waals surface area contributed by atoms with Gasteiger partial charge in [0, 0.05) is 25.4 Å². The molecule has 0 radical (unpaired) electrons. The van der Waals surface area contributed by atoms with Crippen LogP contribution in [0, 0.1) is 23.1 Å². The topological polar surface area (TPSA) is 81.1 Å². The molecule has 0 fully saturated rings. The minimum atomic E-state index is -4.87. The van der Waals surface area contributed by atoms with Gasteiger partial charge in [-0.1, -0.05) is 13.8 Å². The van der Waals surface area contributed by atoms with Gasteiger partial charge in [-0.25, -0.2) is 12.8 Å². The lowest BCUT2D eigenvalue weighted by atomic mass is 9.96. The van der Waals surface area contributed by atoms with Crippen molar-refractivity contribution in [2.45, 2.75) is 24.9 Å². The van der Waals surface area contributed by atoms with Crippen LogP contribution in [0.4, 0.5) is 32.0 Å². The number of carbonyl (C=O) groups excluding carboxylic acids is 1. The van der Waals surface area contributed by atoms with E-state index >= 15 is 0 Å². The van der Waals surface area contributed by atoms with E-state index < -0.39 is 67.1 Å². The molecule has 0 bridgehead atoms. The fourth-order valence-electron chi connectivity index (χ4n) is 2.41. The van der Waals surface area contributed by atoms with Gasteiger partial charge in [0.2, 0.25) is 11.9 Å². The molecule has 0 aromatic carbocycles. The molecule has 13 heteroatoms. The lowest BCUT2D eigenvalue weighted by Crippen LogP contribution is -2.38. The molecule has 0 saturated carbocycles. The van der Waals surface area contributed by atoms with Crippen LogP contribution in [0.3, 0.4) is 0 Å². The normalized spacial score (nSPS) is 12.9. The summed E-state index contributed by atoms with van der Waals surface area (Å²) >= 11 is 0. The smallest absolute Gasteiger partial charge is 0.343 e. The summed E-state index contributed by atoms with van der Waals surface area (Å²) in [4.78, 5) is 14.0. The van der Waals surface area contributed by atoms with E-state index in [1.165, 1.54) is 0 Å². The van der Waals surface area contributed by atoms with Gasteiger partial charge in [0.05, 0.1) is 16.9 Å². The Bertz CT molecular complexity index is 1040. The Hall–Kier alpha value is -2.57. The molecule has 0 aliphatic rings. The third-order valence-electron chi connectivity index (χ3n) is 3.98. The van der Waals surface area contributed by atoms with Crippen LogP contribution < -0.4 is 5.32 Å².